The number of hydrogen-bond donors (Lipinski definition) is 1. The van der Waals surface area contributed by atoms with E-state index in [4.69, 9.17) is 0 Å². The van der Waals surface area contributed by atoms with Crippen LogP contribution in [0.15, 0.2) is 36.5 Å². The van der Waals surface area contributed by atoms with E-state index < -0.39 is 0 Å². The summed E-state index contributed by atoms with van der Waals surface area (Å²) in [6.07, 6.45) is 4.28. The molecule has 0 aliphatic heterocycles. The summed E-state index contributed by atoms with van der Waals surface area (Å²) in [5.41, 5.74) is 2.70. The maximum Gasteiger partial charge on any atom is 0.105 e. The molecule has 21 heavy (non-hydrogen) atoms. The average Bonchev–Trinajstić information content (AvgIpc) is 2.81. The highest BCUT2D eigenvalue weighted by atomic mass is 15.1. The number of aryl methyl sites for hydroxylation is 2. The molecular weight excluding hydrogens is 258 g/mol. The van der Waals surface area contributed by atoms with Gasteiger partial charge in [-0.15, -0.1) is 0 Å². The second-order valence-electron chi connectivity index (χ2n) is 6.06. The number of benzene rings is 1. The van der Waals surface area contributed by atoms with Crippen molar-refractivity contribution in [2.75, 3.05) is 6.54 Å². The van der Waals surface area contributed by atoms with Crippen molar-refractivity contribution in [1.82, 2.24) is 14.9 Å². The molecule has 2 rings (SSSR count). The van der Waals surface area contributed by atoms with E-state index in [1.807, 2.05) is 6.20 Å². The van der Waals surface area contributed by atoms with E-state index in [-0.39, 0.29) is 0 Å². The molecule has 3 heteroatoms. The van der Waals surface area contributed by atoms with Crippen molar-refractivity contribution in [2.24, 2.45) is 5.92 Å². The third-order valence-corrected chi connectivity index (χ3v) is 3.69. The zero-order valence-corrected chi connectivity index (χ0v) is 13.5. The van der Waals surface area contributed by atoms with Crippen LogP contribution >= 0.6 is 0 Å². The molecule has 2 aromatic rings. The molecule has 1 aromatic carbocycles. The Morgan fingerprint density at radius 2 is 1.95 bits per heavy atom. The number of hydrogen-bond acceptors (Lipinski definition) is 2. The Balaban J connectivity index is 1.86. The fraction of sp³-hybridized carbons (Fsp3) is 0.500. The fourth-order valence-corrected chi connectivity index (χ4v) is 2.54. The van der Waals surface area contributed by atoms with Gasteiger partial charge in [-0.2, -0.15) is 0 Å². The van der Waals surface area contributed by atoms with E-state index in [1.165, 1.54) is 11.3 Å². The SMILES string of the molecule is Cc1ncc(CNCC(C)C)n1CCCc1ccccc1. The maximum absolute atomic E-state index is 4.46. The normalized spacial score (nSPS) is 11.2. The standard InChI is InChI=1S/C18H27N3/c1-15(2)12-19-13-18-14-20-16(3)21(18)11-7-10-17-8-5-4-6-9-17/h4-6,8-9,14-15,19H,7,10-13H2,1-3H3. The average molecular weight is 285 g/mol. The molecule has 0 atom stereocenters. The number of nitrogens with one attached hydrogen (secondary N) is 1. The number of nitrogens with zero attached hydrogens (tertiary/aromatic N) is 2. The Morgan fingerprint density at radius 1 is 1.19 bits per heavy atom. The van der Waals surface area contributed by atoms with Gasteiger partial charge >= 0.3 is 0 Å². The van der Waals surface area contributed by atoms with Gasteiger partial charge in [0.05, 0.1) is 5.69 Å². The van der Waals surface area contributed by atoms with Gasteiger partial charge in [-0.25, -0.2) is 4.98 Å². The van der Waals surface area contributed by atoms with Crippen LogP contribution in [0.2, 0.25) is 0 Å². The minimum absolute atomic E-state index is 0.681. The van der Waals surface area contributed by atoms with Gasteiger partial charge in [0.1, 0.15) is 5.82 Å². The maximum atomic E-state index is 4.46. The summed E-state index contributed by atoms with van der Waals surface area (Å²) in [5, 5.41) is 3.50. The van der Waals surface area contributed by atoms with Crippen molar-refractivity contribution in [3.8, 4) is 0 Å². The predicted octanol–water partition coefficient (Wildman–Crippen LogP) is 3.57. The van der Waals surface area contributed by atoms with Crippen molar-refractivity contribution < 1.29 is 0 Å². The van der Waals surface area contributed by atoms with Crippen LogP contribution < -0.4 is 5.32 Å². The molecule has 0 saturated carbocycles. The molecule has 0 aliphatic rings. The second kappa shape index (κ2) is 7.99. The molecule has 0 radical (unpaired) electrons. The van der Waals surface area contributed by atoms with Crippen LogP contribution in [-0.2, 0) is 19.5 Å². The summed E-state index contributed by atoms with van der Waals surface area (Å²) < 4.78 is 2.34. The first-order valence-corrected chi connectivity index (χ1v) is 7.92. The highest BCUT2D eigenvalue weighted by Gasteiger charge is 2.06. The van der Waals surface area contributed by atoms with Crippen LogP contribution in [-0.4, -0.2) is 16.1 Å². The van der Waals surface area contributed by atoms with E-state index in [0.717, 1.165) is 38.3 Å². The summed E-state index contributed by atoms with van der Waals surface area (Å²) in [5.74, 6) is 1.80. The zero-order valence-electron chi connectivity index (χ0n) is 13.5. The van der Waals surface area contributed by atoms with Gasteiger partial charge in [-0.3, -0.25) is 0 Å². The smallest absolute Gasteiger partial charge is 0.105 e. The molecule has 1 heterocycles. The Bertz CT molecular complexity index is 529. The molecule has 0 spiro atoms. The highest BCUT2D eigenvalue weighted by Crippen LogP contribution is 2.09. The molecule has 1 aromatic heterocycles. The van der Waals surface area contributed by atoms with Gasteiger partial charge in [-0.05, 0) is 37.8 Å². The predicted molar refractivity (Wildman–Crippen MR) is 88.3 cm³/mol. The van der Waals surface area contributed by atoms with E-state index >= 15 is 0 Å². The van der Waals surface area contributed by atoms with Crippen LogP contribution in [0.1, 0.15) is 37.4 Å². The van der Waals surface area contributed by atoms with Crippen molar-refractivity contribution >= 4 is 0 Å². The third-order valence-electron chi connectivity index (χ3n) is 3.69. The lowest BCUT2D eigenvalue weighted by molar-refractivity contribution is 0.526. The van der Waals surface area contributed by atoms with Gasteiger partial charge in [0.15, 0.2) is 0 Å². The Labute approximate surface area is 128 Å². The quantitative estimate of drug-likeness (QED) is 0.803. The van der Waals surface area contributed by atoms with E-state index in [1.54, 1.807) is 0 Å². The van der Waals surface area contributed by atoms with E-state index in [0.29, 0.717) is 5.92 Å². The molecular formula is C18H27N3. The Hall–Kier alpha value is -1.61. The molecule has 1 N–H and O–H groups in total. The van der Waals surface area contributed by atoms with Crippen molar-refractivity contribution in [3.05, 3.63) is 53.6 Å². The van der Waals surface area contributed by atoms with Crippen LogP contribution in [0.25, 0.3) is 0 Å². The van der Waals surface area contributed by atoms with Crippen molar-refractivity contribution in [1.29, 1.82) is 0 Å². The third kappa shape index (κ3) is 5.01. The lowest BCUT2D eigenvalue weighted by atomic mass is 10.1. The van der Waals surface area contributed by atoms with Gasteiger partial charge in [0, 0.05) is 19.3 Å². The lowest BCUT2D eigenvalue weighted by Gasteiger charge is -2.12. The molecule has 0 bridgehead atoms. The first-order chi connectivity index (χ1) is 10.2. The van der Waals surface area contributed by atoms with Crippen LogP contribution in [0.4, 0.5) is 0 Å². The van der Waals surface area contributed by atoms with Crippen LogP contribution in [0, 0.1) is 12.8 Å². The summed E-state index contributed by atoms with van der Waals surface area (Å²) >= 11 is 0. The Morgan fingerprint density at radius 3 is 2.67 bits per heavy atom. The molecule has 3 nitrogen and oxygen atoms in total. The Kier molecular flexibility index (Phi) is 6.00. The lowest BCUT2D eigenvalue weighted by Crippen LogP contribution is -2.21. The van der Waals surface area contributed by atoms with Gasteiger partial charge in [-0.1, -0.05) is 44.2 Å². The number of rotatable bonds is 8. The summed E-state index contributed by atoms with van der Waals surface area (Å²) in [4.78, 5) is 4.46. The largest absolute Gasteiger partial charge is 0.331 e. The summed E-state index contributed by atoms with van der Waals surface area (Å²) in [7, 11) is 0. The van der Waals surface area contributed by atoms with Crippen LogP contribution in [0.3, 0.4) is 0 Å². The topological polar surface area (TPSA) is 29.9 Å². The molecule has 0 aliphatic carbocycles. The van der Waals surface area contributed by atoms with Gasteiger partial charge in [0.2, 0.25) is 0 Å². The minimum atomic E-state index is 0.681. The second-order valence-corrected chi connectivity index (χ2v) is 6.06. The summed E-state index contributed by atoms with van der Waals surface area (Å²) in [6, 6.07) is 10.7. The van der Waals surface area contributed by atoms with E-state index in [2.05, 4.69) is 66.0 Å². The van der Waals surface area contributed by atoms with Crippen molar-refractivity contribution in [3.63, 3.8) is 0 Å². The fourth-order valence-electron chi connectivity index (χ4n) is 2.54. The first-order valence-electron chi connectivity index (χ1n) is 7.92. The van der Waals surface area contributed by atoms with Crippen LogP contribution in [0.5, 0.6) is 0 Å². The molecule has 114 valence electrons. The van der Waals surface area contributed by atoms with Crippen molar-refractivity contribution in [2.45, 2.75) is 46.7 Å². The molecule has 0 fully saturated rings. The highest BCUT2D eigenvalue weighted by molar-refractivity contribution is 5.14. The first kappa shape index (κ1) is 15.8. The van der Waals surface area contributed by atoms with E-state index in [9.17, 15) is 0 Å². The van der Waals surface area contributed by atoms with Gasteiger partial charge in [0.25, 0.3) is 0 Å². The molecule has 0 amide bonds. The molecule has 0 unspecified atom stereocenters. The number of imidazole rings is 1. The number of aromatic nitrogens is 2. The van der Waals surface area contributed by atoms with Gasteiger partial charge < -0.3 is 9.88 Å². The minimum Gasteiger partial charge on any atom is -0.331 e. The monoisotopic (exact) mass is 285 g/mol. The molecule has 0 saturated heterocycles. The summed E-state index contributed by atoms with van der Waals surface area (Å²) in [6.45, 7) is 9.55. The zero-order chi connectivity index (χ0) is 15.1.